The number of carbonyl (C=O) groups is 1. The average molecular weight is 378 g/mol. The molecule has 0 radical (unpaired) electrons. The monoisotopic (exact) mass is 377 g/mol. The molecular weight excluding hydrogens is 346 g/mol. The maximum Gasteiger partial charge on any atom is 0.233 e. The molecule has 0 bridgehead atoms. The van der Waals surface area contributed by atoms with Crippen molar-refractivity contribution in [1.29, 1.82) is 0 Å². The maximum absolute atomic E-state index is 12.7. The summed E-state index contributed by atoms with van der Waals surface area (Å²) in [4.78, 5) is 12.7. The van der Waals surface area contributed by atoms with Gasteiger partial charge in [-0.3, -0.25) is 4.79 Å². The molecule has 1 saturated heterocycles. The average Bonchev–Trinajstić information content (AvgIpc) is 3.31. The SMILES string of the molecule is C=CCn1c(S[C@@H](CC)C(=O)NC2CCCC2)nnc1C1CCNCC1. The van der Waals surface area contributed by atoms with Crippen LogP contribution in [-0.2, 0) is 11.3 Å². The quantitative estimate of drug-likeness (QED) is 0.538. The molecule has 1 aliphatic carbocycles. The first-order valence-corrected chi connectivity index (χ1v) is 10.8. The minimum absolute atomic E-state index is 0.121. The standard InChI is InChI=1S/C19H31N5OS/c1-3-13-24-17(14-9-11-20-12-10-14)22-23-19(24)26-16(4-2)18(25)21-15-7-5-6-8-15/h3,14-16,20H,1,4-13H2,2H3,(H,21,25)/t16-/m0/s1. The molecule has 7 heteroatoms. The molecule has 0 aromatic carbocycles. The number of rotatable bonds is 8. The van der Waals surface area contributed by atoms with Gasteiger partial charge in [0.25, 0.3) is 0 Å². The van der Waals surface area contributed by atoms with E-state index >= 15 is 0 Å². The van der Waals surface area contributed by atoms with Crippen molar-refractivity contribution < 1.29 is 4.79 Å². The lowest BCUT2D eigenvalue weighted by atomic mass is 9.97. The number of carbonyl (C=O) groups excluding carboxylic acids is 1. The second-order valence-electron chi connectivity index (χ2n) is 7.27. The third-order valence-electron chi connectivity index (χ3n) is 5.37. The Morgan fingerprint density at radius 1 is 1.35 bits per heavy atom. The van der Waals surface area contributed by atoms with Crippen LogP contribution in [0.3, 0.4) is 0 Å². The summed E-state index contributed by atoms with van der Waals surface area (Å²) in [6, 6.07) is 0.355. The summed E-state index contributed by atoms with van der Waals surface area (Å²) in [5, 5.41) is 16.3. The fourth-order valence-electron chi connectivity index (χ4n) is 3.88. The molecule has 2 aliphatic rings. The number of nitrogens with one attached hydrogen (secondary N) is 2. The zero-order valence-corrected chi connectivity index (χ0v) is 16.6. The second-order valence-corrected chi connectivity index (χ2v) is 8.44. The largest absolute Gasteiger partial charge is 0.352 e. The van der Waals surface area contributed by atoms with Crippen LogP contribution >= 0.6 is 11.8 Å². The Bertz CT molecular complexity index is 605. The fraction of sp³-hybridized carbons (Fsp3) is 0.737. The van der Waals surface area contributed by atoms with Gasteiger partial charge in [-0.05, 0) is 45.2 Å². The molecule has 1 aliphatic heterocycles. The van der Waals surface area contributed by atoms with Crippen molar-refractivity contribution in [3.8, 4) is 0 Å². The molecule has 1 atom stereocenters. The topological polar surface area (TPSA) is 71.8 Å². The summed E-state index contributed by atoms with van der Waals surface area (Å²) >= 11 is 1.55. The van der Waals surface area contributed by atoms with Gasteiger partial charge < -0.3 is 15.2 Å². The molecule has 2 fully saturated rings. The maximum atomic E-state index is 12.7. The summed E-state index contributed by atoms with van der Waals surface area (Å²) in [6.45, 7) is 8.69. The fourth-order valence-corrected chi connectivity index (χ4v) is 4.86. The van der Waals surface area contributed by atoms with E-state index in [9.17, 15) is 4.79 Å². The minimum atomic E-state index is -0.121. The van der Waals surface area contributed by atoms with Crippen molar-refractivity contribution >= 4 is 17.7 Å². The minimum Gasteiger partial charge on any atom is -0.352 e. The Kier molecular flexibility index (Phi) is 7.14. The molecule has 0 spiro atoms. The number of hydrogen-bond acceptors (Lipinski definition) is 5. The highest BCUT2D eigenvalue weighted by Gasteiger charge is 2.27. The highest BCUT2D eigenvalue weighted by Crippen LogP contribution is 2.30. The van der Waals surface area contributed by atoms with Crippen LogP contribution in [0.5, 0.6) is 0 Å². The first kappa shape index (κ1) is 19.4. The van der Waals surface area contributed by atoms with Crippen molar-refractivity contribution in [2.75, 3.05) is 13.1 Å². The van der Waals surface area contributed by atoms with E-state index in [0.717, 1.165) is 56.2 Å². The Morgan fingerprint density at radius 3 is 2.73 bits per heavy atom. The van der Waals surface area contributed by atoms with Gasteiger partial charge in [-0.2, -0.15) is 0 Å². The molecule has 2 N–H and O–H groups in total. The van der Waals surface area contributed by atoms with Gasteiger partial charge in [-0.25, -0.2) is 0 Å². The van der Waals surface area contributed by atoms with Gasteiger partial charge in [0, 0.05) is 18.5 Å². The molecular formula is C19H31N5OS. The van der Waals surface area contributed by atoms with Gasteiger partial charge in [0.1, 0.15) is 5.82 Å². The molecule has 1 aromatic rings. The van der Waals surface area contributed by atoms with Gasteiger partial charge >= 0.3 is 0 Å². The van der Waals surface area contributed by atoms with Crippen molar-refractivity contribution in [1.82, 2.24) is 25.4 Å². The molecule has 1 saturated carbocycles. The summed E-state index contributed by atoms with van der Waals surface area (Å²) in [7, 11) is 0. The first-order chi connectivity index (χ1) is 12.7. The van der Waals surface area contributed by atoms with E-state index in [1.165, 1.54) is 12.8 Å². The molecule has 0 unspecified atom stereocenters. The second kappa shape index (κ2) is 9.55. The Morgan fingerprint density at radius 2 is 2.08 bits per heavy atom. The third kappa shape index (κ3) is 4.68. The predicted octanol–water partition coefficient (Wildman–Crippen LogP) is 2.86. The van der Waals surface area contributed by atoms with Crippen molar-refractivity contribution in [3.63, 3.8) is 0 Å². The van der Waals surface area contributed by atoms with E-state index in [2.05, 4.69) is 38.9 Å². The number of nitrogens with zero attached hydrogens (tertiary/aromatic N) is 3. The van der Waals surface area contributed by atoms with Crippen molar-refractivity contribution in [3.05, 3.63) is 18.5 Å². The van der Waals surface area contributed by atoms with E-state index in [1.54, 1.807) is 11.8 Å². The smallest absolute Gasteiger partial charge is 0.233 e. The lowest BCUT2D eigenvalue weighted by Gasteiger charge is -2.23. The van der Waals surface area contributed by atoms with Gasteiger partial charge in [0.2, 0.25) is 5.91 Å². The molecule has 6 nitrogen and oxygen atoms in total. The van der Waals surface area contributed by atoms with Crippen LogP contribution in [0.2, 0.25) is 0 Å². The predicted molar refractivity (Wildman–Crippen MR) is 105 cm³/mol. The Labute approximate surface area is 160 Å². The van der Waals surface area contributed by atoms with E-state index in [0.29, 0.717) is 18.5 Å². The van der Waals surface area contributed by atoms with Gasteiger partial charge in [-0.1, -0.05) is 37.6 Å². The molecule has 3 rings (SSSR count). The highest BCUT2D eigenvalue weighted by molar-refractivity contribution is 8.00. The Balaban J connectivity index is 1.70. The zero-order chi connectivity index (χ0) is 18.4. The number of aromatic nitrogens is 3. The van der Waals surface area contributed by atoms with Crippen LogP contribution in [-0.4, -0.2) is 45.1 Å². The van der Waals surface area contributed by atoms with E-state index in [4.69, 9.17) is 0 Å². The zero-order valence-electron chi connectivity index (χ0n) is 15.7. The van der Waals surface area contributed by atoms with Crippen molar-refractivity contribution in [2.24, 2.45) is 0 Å². The van der Waals surface area contributed by atoms with Crippen LogP contribution in [0.15, 0.2) is 17.8 Å². The van der Waals surface area contributed by atoms with E-state index in [-0.39, 0.29) is 11.2 Å². The first-order valence-electron chi connectivity index (χ1n) is 9.94. The van der Waals surface area contributed by atoms with Gasteiger partial charge in [0.05, 0.1) is 5.25 Å². The summed E-state index contributed by atoms with van der Waals surface area (Å²) in [5.74, 6) is 1.62. The van der Waals surface area contributed by atoms with Crippen LogP contribution in [0, 0.1) is 0 Å². The van der Waals surface area contributed by atoms with Crippen LogP contribution in [0.1, 0.15) is 63.6 Å². The molecule has 26 heavy (non-hydrogen) atoms. The number of hydrogen-bond donors (Lipinski definition) is 2. The Hall–Kier alpha value is -1.34. The number of allylic oxidation sites excluding steroid dienone is 1. The number of amides is 1. The summed E-state index contributed by atoms with van der Waals surface area (Å²) in [5.41, 5.74) is 0. The number of thioether (sulfide) groups is 1. The van der Waals surface area contributed by atoms with E-state index < -0.39 is 0 Å². The summed E-state index contributed by atoms with van der Waals surface area (Å²) < 4.78 is 2.15. The van der Waals surface area contributed by atoms with Crippen LogP contribution < -0.4 is 10.6 Å². The highest BCUT2D eigenvalue weighted by atomic mass is 32.2. The molecule has 144 valence electrons. The van der Waals surface area contributed by atoms with Crippen LogP contribution in [0.4, 0.5) is 0 Å². The summed E-state index contributed by atoms with van der Waals surface area (Å²) in [6.07, 6.45) is 9.51. The van der Waals surface area contributed by atoms with E-state index in [1.807, 2.05) is 6.08 Å². The van der Waals surface area contributed by atoms with Crippen LogP contribution in [0.25, 0.3) is 0 Å². The normalized spacial score (nSPS) is 20.2. The van der Waals surface area contributed by atoms with Gasteiger partial charge in [0.15, 0.2) is 5.16 Å². The van der Waals surface area contributed by atoms with Crippen molar-refractivity contribution in [2.45, 2.75) is 80.8 Å². The molecule has 1 aromatic heterocycles. The lowest BCUT2D eigenvalue weighted by Crippen LogP contribution is -2.38. The number of piperidine rings is 1. The third-order valence-corrected chi connectivity index (χ3v) is 6.72. The van der Waals surface area contributed by atoms with Gasteiger partial charge in [-0.15, -0.1) is 16.8 Å². The molecule has 2 heterocycles. The lowest BCUT2D eigenvalue weighted by molar-refractivity contribution is -0.121. The molecule has 1 amide bonds.